The number of guanidine groups is 2. The van der Waals surface area contributed by atoms with Crippen molar-refractivity contribution in [2.24, 2.45) is 32.0 Å². The maximum Gasteiger partial charge on any atom is 0.323 e. The third-order valence-electron chi connectivity index (χ3n) is 4.27. The van der Waals surface area contributed by atoms with Crippen LogP contribution in [0.1, 0.15) is 37.1 Å². The fourth-order valence-corrected chi connectivity index (χ4v) is 2.52. The molecule has 0 spiro atoms. The van der Waals surface area contributed by atoms with Gasteiger partial charge in [-0.1, -0.05) is 24.3 Å². The van der Waals surface area contributed by atoms with E-state index in [4.69, 9.17) is 11.5 Å². The molecule has 13 nitrogen and oxygen atoms in total. The van der Waals surface area contributed by atoms with Gasteiger partial charge in [0.1, 0.15) is 0 Å². The number of nitroso groups, excluding NO2 is 2. The summed E-state index contributed by atoms with van der Waals surface area (Å²) in [6.45, 7) is 3.66. The minimum Gasteiger partial charge on any atom is -0.364 e. The minimum absolute atomic E-state index is 0.217. The van der Waals surface area contributed by atoms with E-state index < -0.39 is 6.03 Å². The lowest BCUT2D eigenvalue weighted by Crippen LogP contribution is -2.20. The maximum absolute atomic E-state index is 12.3. The number of urea groups is 1. The summed E-state index contributed by atoms with van der Waals surface area (Å²) in [6, 6.07) is 13.3. The van der Waals surface area contributed by atoms with Gasteiger partial charge in [0.15, 0.2) is 0 Å². The minimum atomic E-state index is -0.410. The molecule has 0 heterocycles. The Labute approximate surface area is 183 Å². The van der Waals surface area contributed by atoms with E-state index in [1.165, 1.54) is 0 Å². The van der Waals surface area contributed by atoms with E-state index in [0.29, 0.717) is 11.4 Å². The van der Waals surface area contributed by atoms with Gasteiger partial charge in [-0.15, -0.1) is 20.0 Å². The second kappa shape index (κ2) is 11.6. The average Bonchev–Trinajstić information content (AvgIpc) is 2.81. The van der Waals surface area contributed by atoms with Crippen LogP contribution < -0.4 is 33.0 Å². The summed E-state index contributed by atoms with van der Waals surface area (Å²) in [6.07, 6.45) is 0. The number of benzene rings is 2. The van der Waals surface area contributed by atoms with Crippen molar-refractivity contribution < 1.29 is 4.79 Å². The van der Waals surface area contributed by atoms with E-state index in [1.807, 2.05) is 13.8 Å². The Morgan fingerprint density at radius 3 is 1.38 bits per heavy atom. The summed E-state index contributed by atoms with van der Waals surface area (Å²) in [5.74, 6) is -0.780. The Hall–Kier alpha value is -4.55. The normalized spacial score (nSPS) is 13.4. The Morgan fingerprint density at radius 1 is 0.719 bits per heavy atom. The fourth-order valence-electron chi connectivity index (χ4n) is 2.52. The third-order valence-corrected chi connectivity index (χ3v) is 4.27. The number of amides is 2. The number of nitrogens with one attached hydrogen (secondary N) is 4. The summed E-state index contributed by atoms with van der Waals surface area (Å²) in [5.41, 5.74) is 18.8. The molecule has 0 radical (unpaired) electrons. The van der Waals surface area contributed by atoms with Gasteiger partial charge in [0.2, 0.25) is 0 Å². The van der Waals surface area contributed by atoms with Gasteiger partial charge in [0.05, 0.1) is 12.1 Å². The van der Waals surface area contributed by atoms with Crippen LogP contribution in [0, 0.1) is 9.81 Å². The summed E-state index contributed by atoms with van der Waals surface area (Å²) in [4.78, 5) is 32.7. The smallest absolute Gasteiger partial charge is 0.323 e. The van der Waals surface area contributed by atoms with E-state index >= 15 is 0 Å². The molecular formula is C19H24N10O3. The van der Waals surface area contributed by atoms with E-state index in [0.717, 1.165) is 11.1 Å². The number of hydrazone groups is 2. The molecule has 168 valence electrons. The predicted octanol–water partition coefficient (Wildman–Crippen LogP) is 2.62. The monoisotopic (exact) mass is 440 g/mol. The molecule has 0 saturated heterocycles. The molecule has 2 aromatic carbocycles. The van der Waals surface area contributed by atoms with Gasteiger partial charge < -0.3 is 22.1 Å². The van der Waals surface area contributed by atoms with Crippen molar-refractivity contribution in [3.63, 3.8) is 0 Å². The van der Waals surface area contributed by atoms with Gasteiger partial charge >= 0.3 is 6.03 Å². The number of hydrogen-bond acceptors (Lipinski definition) is 7. The molecule has 2 unspecified atom stereocenters. The summed E-state index contributed by atoms with van der Waals surface area (Å²) < 4.78 is 0. The number of nitrogens with two attached hydrogens (primary N) is 2. The first-order chi connectivity index (χ1) is 15.3. The molecule has 0 aromatic heterocycles. The van der Waals surface area contributed by atoms with Crippen LogP contribution in [0.3, 0.4) is 0 Å². The highest BCUT2D eigenvalue weighted by Crippen LogP contribution is 2.18. The third kappa shape index (κ3) is 7.37. The van der Waals surface area contributed by atoms with E-state index in [-0.39, 0.29) is 24.0 Å². The van der Waals surface area contributed by atoms with Crippen molar-refractivity contribution in [3.05, 3.63) is 69.5 Å². The molecule has 0 aliphatic rings. The van der Waals surface area contributed by atoms with E-state index in [9.17, 15) is 14.6 Å². The van der Waals surface area contributed by atoms with Crippen LogP contribution in [0.25, 0.3) is 0 Å². The molecule has 0 aliphatic carbocycles. The van der Waals surface area contributed by atoms with Gasteiger partial charge in [-0.3, -0.25) is 10.9 Å². The highest BCUT2D eigenvalue weighted by molar-refractivity contribution is 5.99. The number of rotatable bonds is 8. The molecule has 0 aliphatic heterocycles. The standard InChI is InChI=1S/C19H24N10O3/c1-11(24-26-17(20)28-31)13-3-7-15(8-4-13)22-19(30)23-16-9-5-14(6-10-16)12(2)25-27-18(21)29-32/h3-12,24-25H,1-2H3,(H2,20,26)(H2,21,27)(H2,22,23,30). The first-order valence-corrected chi connectivity index (χ1v) is 9.44. The first-order valence-electron chi connectivity index (χ1n) is 9.44. The van der Waals surface area contributed by atoms with Crippen LogP contribution in [-0.2, 0) is 0 Å². The van der Waals surface area contributed by atoms with Gasteiger partial charge in [-0.25, -0.2) is 4.79 Å². The highest BCUT2D eigenvalue weighted by atomic mass is 16.3. The van der Waals surface area contributed by atoms with Crippen molar-refractivity contribution in [1.29, 1.82) is 0 Å². The van der Waals surface area contributed by atoms with E-state index in [2.05, 4.69) is 42.0 Å². The van der Waals surface area contributed by atoms with Crippen LogP contribution >= 0.6 is 0 Å². The van der Waals surface area contributed by atoms with Crippen molar-refractivity contribution >= 4 is 29.3 Å². The number of hydrogen-bond donors (Lipinski definition) is 6. The van der Waals surface area contributed by atoms with Crippen LogP contribution in [0.15, 0.2) is 69.1 Å². The number of anilines is 2. The molecule has 13 heteroatoms. The molecule has 2 atom stereocenters. The molecule has 0 saturated carbocycles. The molecule has 2 aromatic rings. The number of nitrogens with zero attached hydrogens (tertiary/aromatic N) is 4. The van der Waals surface area contributed by atoms with Gasteiger partial charge in [-0.05, 0) is 49.2 Å². The zero-order valence-electron chi connectivity index (χ0n) is 17.4. The summed E-state index contributed by atoms with van der Waals surface area (Å²) in [5, 5.41) is 17.7. The molecule has 0 bridgehead atoms. The number of carbonyl (C=O) groups excluding carboxylic acids is 1. The van der Waals surface area contributed by atoms with Crippen LogP contribution in [0.5, 0.6) is 0 Å². The Balaban J connectivity index is 1.89. The molecule has 2 rings (SSSR count). The fraction of sp³-hybridized carbons (Fsp3) is 0.211. The van der Waals surface area contributed by atoms with Crippen LogP contribution in [-0.4, -0.2) is 18.0 Å². The van der Waals surface area contributed by atoms with Crippen molar-refractivity contribution in [2.45, 2.75) is 25.9 Å². The summed E-state index contributed by atoms with van der Waals surface area (Å²) in [7, 11) is 0. The number of carbonyl (C=O) groups is 1. The van der Waals surface area contributed by atoms with Crippen LogP contribution in [0.4, 0.5) is 16.2 Å². The van der Waals surface area contributed by atoms with Gasteiger partial charge in [0, 0.05) is 21.7 Å². The van der Waals surface area contributed by atoms with Gasteiger partial charge in [-0.2, -0.15) is 0 Å². The average molecular weight is 440 g/mol. The Kier molecular flexibility index (Phi) is 8.59. The lowest BCUT2D eigenvalue weighted by atomic mass is 10.1. The lowest BCUT2D eigenvalue weighted by Gasteiger charge is -2.14. The van der Waals surface area contributed by atoms with Crippen molar-refractivity contribution in [2.75, 3.05) is 10.6 Å². The largest absolute Gasteiger partial charge is 0.364 e. The van der Waals surface area contributed by atoms with Gasteiger partial charge in [0.25, 0.3) is 11.9 Å². The quantitative estimate of drug-likeness (QED) is 0.157. The zero-order valence-corrected chi connectivity index (χ0v) is 17.4. The highest BCUT2D eigenvalue weighted by Gasteiger charge is 2.08. The maximum atomic E-state index is 12.3. The molecule has 32 heavy (non-hydrogen) atoms. The van der Waals surface area contributed by atoms with Crippen molar-refractivity contribution in [3.8, 4) is 0 Å². The SMILES string of the molecule is CC(N/N=C(/N)N=O)c1ccc(NC(=O)Nc2ccc(C(C)N/N=C(\N)N=O)cc2)cc1. The summed E-state index contributed by atoms with van der Waals surface area (Å²) >= 11 is 0. The second-order valence-corrected chi connectivity index (χ2v) is 6.65. The zero-order chi connectivity index (χ0) is 23.5. The topological polar surface area (TPSA) is 201 Å². The molecule has 0 fully saturated rings. The Morgan fingerprint density at radius 2 is 1.06 bits per heavy atom. The van der Waals surface area contributed by atoms with Crippen LogP contribution in [0.2, 0.25) is 0 Å². The van der Waals surface area contributed by atoms with Crippen molar-refractivity contribution in [1.82, 2.24) is 10.9 Å². The molecule has 2 amide bonds. The second-order valence-electron chi connectivity index (χ2n) is 6.65. The predicted molar refractivity (Wildman–Crippen MR) is 123 cm³/mol. The molecule has 8 N–H and O–H groups in total. The van der Waals surface area contributed by atoms with E-state index in [1.54, 1.807) is 48.5 Å². The Bertz CT molecular complexity index is 910. The molecular weight excluding hydrogens is 416 g/mol. The first kappa shape index (κ1) is 23.7. The lowest BCUT2D eigenvalue weighted by molar-refractivity contribution is 0.262.